The summed E-state index contributed by atoms with van der Waals surface area (Å²) in [6.45, 7) is 8.07. The number of hydrogen-bond donors (Lipinski definition) is 2. The van der Waals surface area contributed by atoms with Gasteiger partial charge in [-0.2, -0.15) is 0 Å². The number of nitrogens with one attached hydrogen (secondary N) is 2. The largest absolute Gasteiger partial charge is 0.489 e. The molecule has 26 heavy (non-hydrogen) atoms. The molecule has 0 aliphatic heterocycles. The molecule has 2 amide bonds. The summed E-state index contributed by atoms with van der Waals surface area (Å²) in [5.74, 6) is 0.0751. The number of benzene rings is 2. The third kappa shape index (κ3) is 6.59. The molecule has 0 unspecified atom stereocenters. The van der Waals surface area contributed by atoms with Crippen LogP contribution in [0.25, 0.3) is 0 Å². The lowest BCUT2D eigenvalue weighted by Crippen LogP contribution is -2.45. The average Bonchev–Trinajstić information content (AvgIpc) is 2.57. The van der Waals surface area contributed by atoms with Gasteiger partial charge in [0.05, 0.1) is 6.54 Å². The van der Waals surface area contributed by atoms with E-state index in [9.17, 15) is 9.59 Å². The number of aryl methyl sites for hydroxylation is 1. The Balaban J connectivity index is 1.91. The summed E-state index contributed by atoms with van der Waals surface area (Å²) in [7, 11) is 0. The lowest BCUT2D eigenvalue weighted by atomic mass is 10.1. The molecule has 0 fully saturated rings. The Kier molecular flexibility index (Phi) is 6.39. The number of carbonyl (C=O) groups is 2. The van der Waals surface area contributed by atoms with Crippen LogP contribution >= 0.6 is 0 Å². The Bertz CT molecular complexity index is 779. The van der Waals surface area contributed by atoms with E-state index in [1.165, 1.54) is 5.56 Å². The number of rotatable bonds is 6. The molecule has 0 saturated carbocycles. The molecule has 0 radical (unpaired) electrons. The van der Waals surface area contributed by atoms with Crippen LogP contribution in [-0.2, 0) is 11.4 Å². The second-order valence-electron chi connectivity index (χ2n) is 7.29. The van der Waals surface area contributed by atoms with Gasteiger partial charge in [0.15, 0.2) is 0 Å². The molecule has 0 heterocycles. The molecule has 0 spiro atoms. The van der Waals surface area contributed by atoms with Gasteiger partial charge in [0, 0.05) is 11.1 Å². The lowest BCUT2D eigenvalue weighted by molar-refractivity contribution is -0.121. The summed E-state index contributed by atoms with van der Waals surface area (Å²) >= 11 is 0. The minimum Gasteiger partial charge on any atom is -0.489 e. The van der Waals surface area contributed by atoms with Crippen LogP contribution in [0.3, 0.4) is 0 Å². The van der Waals surface area contributed by atoms with Gasteiger partial charge in [-0.1, -0.05) is 35.9 Å². The van der Waals surface area contributed by atoms with Crippen LogP contribution in [0, 0.1) is 6.92 Å². The zero-order valence-corrected chi connectivity index (χ0v) is 15.8. The van der Waals surface area contributed by atoms with Gasteiger partial charge in [0.2, 0.25) is 5.91 Å². The van der Waals surface area contributed by atoms with Gasteiger partial charge in [0.25, 0.3) is 5.91 Å². The Morgan fingerprint density at radius 1 is 1.04 bits per heavy atom. The van der Waals surface area contributed by atoms with Crippen LogP contribution in [0.15, 0.2) is 48.5 Å². The van der Waals surface area contributed by atoms with Crippen LogP contribution in [-0.4, -0.2) is 23.9 Å². The summed E-state index contributed by atoms with van der Waals surface area (Å²) in [4.78, 5) is 24.0. The summed E-state index contributed by atoms with van der Waals surface area (Å²) in [5, 5.41) is 5.43. The molecular weight excluding hydrogens is 328 g/mol. The lowest BCUT2D eigenvalue weighted by Gasteiger charge is -2.20. The van der Waals surface area contributed by atoms with E-state index in [-0.39, 0.29) is 23.9 Å². The number of amides is 2. The van der Waals surface area contributed by atoms with E-state index in [1.807, 2.05) is 45.9 Å². The molecule has 2 rings (SSSR count). The Morgan fingerprint density at radius 2 is 1.77 bits per heavy atom. The topological polar surface area (TPSA) is 67.4 Å². The van der Waals surface area contributed by atoms with Gasteiger partial charge < -0.3 is 15.4 Å². The smallest absolute Gasteiger partial charge is 0.251 e. The quantitative estimate of drug-likeness (QED) is 0.837. The number of carbonyl (C=O) groups excluding carboxylic acids is 2. The maximum atomic E-state index is 12.2. The molecule has 0 aromatic heterocycles. The van der Waals surface area contributed by atoms with Crippen molar-refractivity contribution in [3.63, 3.8) is 0 Å². The molecule has 2 aromatic rings. The van der Waals surface area contributed by atoms with Crippen LogP contribution < -0.4 is 15.4 Å². The summed E-state index contributed by atoms with van der Waals surface area (Å²) in [6.07, 6.45) is 0. The second kappa shape index (κ2) is 8.52. The fourth-order valence-electron chi connectivity index (χ4n) is 2.42. The monoisotopic (exact) mass is 354 g/mol. The van der Waals surface area contributed by atoms with E-state index in [2.05, 4.69) is 16.7 Å². The van der Waals surface area contributed by atoms with Crippen molar-refractivity contribution in [3.8, 4) is 5.75 Å². The Morgan fingerprint density at radius 3 is 2.46 bits per heavy atom. The summed E-state index contributed by atoms with van der Waals surface area (Å²) in [6, 6.07) is 15.0. The van der Waals surface area contributed by atoms with Gasteiger partial charge in [0.1, 0.15) is 12.4 Å². The second-order valence-corrected chi connectivity index (χ2v) is 7.29. The summed E-state index contributed by atoms with van der Waals surface area (Å²) < 4.78 is 5.77. The SMILES string of the molecule is Cc1cccc(COc2cccc(C(=O)NCC(=O)NC(C)(C)C)c2)c1. The maximum Gasteiger partial charge on any atom is 0.251 e. The summed E-state index contributed by atoms with van der Waals surface area (Å²) in [5.41, 5.74) is 2.37. The average molecular weight is 354 g/mol. The van der Waals surface area contributed by atoms with Crippen LogP contribution in [0.2, 0.25) is 0 Å². The normalized spacial score (nSPS) is 10.9. The highest BCUT2D eigenvalue weighted by Gasteiger charge is 2.15. The van der Waals surface area contributed by atoms with E-state index in [4.69, 9.17) is 4.74 Å². The van der Waals surface area contributed by atoms with Crippen molar-refractivity contribution in [2.75, 3.05) is 6.54 Å². The molecule has 0 saturated heterocycles. The molecule has 2 N–H and O–H groups in total. The first-order valence-corrected chi connectivity index (χ1v) is 8.60. The molecule has 138 valence electrons. The van der Waals surface area contributed by atoms with Gasteiger partial charge in [-0.05, 0) is 51.5 Å². The van der Waals surface area contributed by atoms with Crippen LogP contribution in [0.4, 0.5) is 0 Å². The molecule has 0 aliphatic rings. The first-order chi connectivity index (χ1) is 12.2. The fourth-order valence-corrected chi connectivity index (χ4v) is 2.42. The molecule has 5 nitrogen and oxygen atoms in total. The van der Waals surface area contributed by atoms with Crippen molar-refractivity contribution >= 4 is 11.8 Å². The molecule has 0 aliphatic carbocycles. The van der Waals surface area contributed by atoms with Crippen molar-refractivity contribution in [1.82, 2.24) is 10.6 Å². The van der Waals surface area contributed by atoms with E-state index in [0.29, 0.717) is 17.9 Å². The minimum absolute atomic E-state index is 0.0650. The number of hydrogen-bond acceptors (Lipinski definition) is 3. The molecule has 5 heteroatoms. The fraction of sp³-hybridized carbons (Fsp3) is 0.333. The van der Waals surface area contributed by atoms with Gasteiger partial charge in [-0.15, -0.1) is 0 Å². The standard InChI is InChI=1S/C21H26N2O3/c1-15-7-5-8-16(11-15)14-26-18-10-6-9-17(12-18)20(25)22-13-19(24)23-21(2,3)4/h5-12H,13-14H2,1-4H3,(H,22,25)(H,23,24). The third-order valence-electron chi connectivity index (χ3n) is 3.51. The van der Waals surface area contributed by atoms with Gasteiger partial charge >= 0.3 is 0 Å². The Hall–Kier alpha value is -2.82. The zero-order chi connectivity index (χ0) is 19.2. The third-order valence-corrected chi connectivity index (χ3v) is 3.51. The van der Waals surface area contributed by atoms with E-state index >= 15 is 0 Å². The van der Waals surface area contributed by atoms with E-state index in [0.717, 1.165) is 5.56 Å². The maximum absolute atomic E-state index is 12.2. The molecular formula is C21H26N2O3. The predicted molar refractivity (Wildman–Crippen MR) is 102 cm³/mol. The molecule has 0 bridgehead atoms. The first kappa shape index (κ1) is 19.5. The van der Waals surface area contributed by atoms with Crippen LogP contribution in [0.5, 0.6) is 5.75 Å². The highest BCUT2D eigenvalue weighted by molar-refractivity contribution is 5.96. The van der Waals surface area contributed by atoms with Crippen molar-refractivity contribution in [1.29, 1.82) is 0 Å². The van der Waals surface area contributed by atoms with E-state index in [1.54, 1.807) is 24.3 Å². The molecule has 0 atom stereocenters. The highest BCUT2D eigenvalue weighted by atomic mass is 16.5. The van der Waals surface area contributed by atoms with Crippen molar-refractivity contribution in [2.24, 2.45) is 0 Å². The zero-order valence-electron chi connectivity index (χ0n) is 15.8. The van der Waals surface area contributed by atoms with Crippen LogP contribution in [0.1, 0.15) is 42.3 Å². The van der Waals surface area contributed by atoms with Crippen molar-refractivity contribution in [3.05, 3.63) is 65.2 Å². The minimum atomic E-state index is -0.328. The van der Waals surface area contributed by atoms with E-state index < -0.39 is 0 Å². The van der Waals surface area contributed by atoms with Crippen molar-refractivity contribution < 1.29 is 14.3 Å². The number of ether oxygens (including phenoxy) is 1. The van der Waals surface area contributed by atoms with Gasteiger partial charge in [-0.25, -0.2) is 0 Å². The molecule has 2 aromatic carbocycles. The highest BCUT2D eigenvalue weighted by Crippen LogP contribution is 2.15. The van der Waals surface area contributed by atoms with Crippen molar-refractivity contribution in [2.45, 2.75) is 39.8 Å². The van der Waals surface area contributed by atoms with Gasteiger partial charge in [-0.3, -0.25) is 9.59 Å². The first-order valence-electron chi connectivity index (χ1n) is 8.60. The predicted octanol–water partition coefficient (Wildman–Crippen LogP) is 3.22. The Labute approximate surface area is 154 Å².